The van der Waals surface area contributed by atoms with E-state index in [1.54, 1.807) is 22.2 Å². The highest BCUT2D eigenvalue weighted by Gasteiger charge is 2.30. The van der Waals surface area contributed by atoms with Gasteiger partial charge in [-0.25, -0.2) is 4.98 Å². The summed E-state index contributed by atoms with van der Waals surface area (Å²) in [7, 11) is 0. The van der Waals surface area contributed by atoms with Gasteiger partial charge in [-0.15, -0.1) is 11.3 Å². The third-order valence-electron chi connectivity index (χ3n) is 4.87. The topological polar surface area (TPSA) is 54.3 Å². The van der Waals surface area contributed by atoms with E-state index in [9.17, 15) is 4.79 Å². The van der Waals surface area contributed by atoms with Crippen LogP contribution in [0.2, 0.25) is 0 Å². The largest absolute Gasteiger partial charge is 0.338 e. The lowest BCUT2D eigenvalue weighted by Gasteiger charge is -2.36. The Balaban J connectivity index is 1.44. The molecule has 0 unspecified atom stereocenters. The molecule has 0 aliphatic carbocycles. The van der Waals surface area contributed by atoms with Crippen molar-refractivity contribution in [3.05, 3.63) is 70.4 Å². The fourth-order valence-corrected chi connectivity index (χ4v) is 4.09. The van der Waals surface area contributed by atoms with Crippen molar-refractivity contribution in [3.8, 4) is 0 Å². The Bertz CT molecular complexity index is 869. The van der Waals surface area contributed by atoms with Crippen LogP contribution in [0.1, 0.15) is 22.3 Å². The maximum absolute atomic E-state index is 13.3. The molecule has 4 rings (SSSR count). The van der Waals surface area contributed by atoms with E-state index in [0.717, 1.165) is 49.0 Å². The minimum absolute atomic E-state index is 0.106. The second-order valence-corrected chi connectivity index (χ2v) is 7.82. The van der Waals surface area contributed by atoms with Gasteiger partial charge < -0.3 is 4.90 Å². The number of thiazole rings is 1. The van der Waals surface area contributed by atoms with Crippen LogP contribution in [0.4, 0.5) is 0 Å². The summed E-state index contributed by atoms with van der Waals surface area (Å²) in [6, 6.07) is 11.3. The van der Waals surface area contributed by atoms with Gasteiger partial charge in [0, 0.05) is 50.5 Å². The smallest absolute Gasteiger partial charge is 0.252 e. The van der Waals surface area contributed by atoms with Crippen molar-refractivity contribution in [3.63, 3.8) is 0 Å². The molecule has 0 radical (unpaired) electrons. The minimum atomic E-state index is -0.408. The third-order valence-corrected chi connectivity index (χ3v) is 5.70. The zero-order valence-corrected chi connectivity index (χ0v) is 16.2. The Kier molecular flexibility index (Phi) is 5.31. The first-order chi connectivity index (χ1) is 13.2. The fraction of sp³-hybridized carbons (Fsp3) is 0.350. The SMILES string of the molecule is Cc1nc(CN2CCN(C(=O)[C@H](c3ccccc3)n3cccn3)CC2)cs1. The van der Waals surface area contributed by atoms with E-state index in [-0.39, 0.29) is 5.91 Å². The molecule has 0 saturated carbocycles. The van der Waals surface area contributed by atoms with Gasteiger partial charge in [0.15, 0.2) is 6.04 Å². The molecule has 3 heterocycles. The van der Waals surface area contributed by atoms with Gasteiger partial charge in [0.25, 0.3) is 5.91 Å². The summed E-state index contributed by atoms with van der Waals surface area (Å²) in [6.07, 6.45) is 3.58. The van der Waals surface area contributed by atoms with Crippen LogP contribution in [0, 0.1) is 6.92 Å². The monoisotopic (exact) mass is 381 g/mol. The summed E-state index contributed by atoms with van der Waals surface area (Å²) in [4.78, 5) is 22.2. The minimum Gasteiger partial charge on any atom is -0.338 e. The molecule has 1 aliphatic heterocycles. The van der Waals surface area contributed by atoms with Gasteiger partial charge in [-0.1, -0.05) is 30.3 Å². The van der Waals surface area contributed by atoms with E-state index in [0.29, 0.717) is 0 Å². The molecule has 0 bridgehead atoms. The van der Waals surface area contributed by atoms with Crippen LogP contribution in [-0.2, 0) is 11.3 Å². The van der Waals surface area contributed by atoms with Gasteiger partial charge in [0.05, 0.1) is 10.7 Å². The summed E-state index contributed by atoms with van der Waals surface area (Å²) in [5.74, 6) is 0.106. The van der Waals surface area contributed by atoms with Crippen molar-refractivity contribution in [1.29, 1.82) is 0 Å². The summed E-state index contributed by atoms with van der Waals surface area (Å²) < 4.78 is 1.75. The van der Waals surface area contributed by atoms with E-state index in [2.05, 4.69) is 20.4 Å². The molecule has 1 saturated heterocycles. The van der Waals surface area contributed by atoms with Crippen molar-refractivity contribution >= 4 is 17.2 Å². The Labute approximate surface area is 163 Å². The average Bonchev–Trinajstić information content (AvgIpc) is 3.36. The molecule has 1 fully saturated rings. The highest BCUT2D eigenvalue weighted by Crippen LogP contribution is 2.21. The lowest BCUT2D eigenvalue weighted by molar-refractivity contribution is -0.135. The Hall–Kier alpha value is -2.51. The molecule has 1 amide bonds. The predicted octanol–water partition coefficient (Wildman–Crippen LogP) is 2.58. The molecule has 2 aromatic heterocycles. The highest BCUT2D eigenvalue weighted by molar-refractivity contribution is 7.09. The lowest BCUT2D eigenvalue weighted by atomic mass is 10.1. The van der Waals surface area contributed by atoms with Gasteiger partial charge in [-0.3, -0.25) is 14.4 Å². The molecule has 1 aromatic carbocycles. The van der Waals surface area contributed by atoms with Gasteiger partial charge in [-0.05, 0) is 18.6 Å². The van der Waals surface area contributed by atoms with Crippen LogP contribution >= 0.6 is 11.3 Å². The second kappa shape index (κ2) is 8.02. The molecule has 0 spiro atoms. The van der Waals surface area contributed by atoms with E-state index < -0.39 is 6.04 Å². The van der Waals surface area contributed by atoms with E-state index in [1.807, 2.05) is 54.4 Å². The van der Waals surface area contributed by atoms with Crippen molar-refractivity contribution in [2.75, 3.05) is 26.2 Å². The van der Waals surface area contributed by atoms with E-state index in [4.69, 9.17) is 0 Å². The first kappa shape index (κ1) is 17.9. The van der Waals surface area contributed by atoms with Gasteiger partial charge >= 0.3 is 0 Å². The van der Waals surface area contributed by atoms with Crippen LogP contribution in [0.3, 0.4) is 0 Å². The number of aromatic nitrogens is 3. The molecule has 0 N–H and O–H groups in total. The zero-order chi connectivity index (χ0) is 18.6. The van der Waals surface area contributed by atoms with Gasteiger partial charge in [0.1, 0.15) is 0 Å². The first-order valence-electron chi connectivity index (χ1n) is 9.17. The lowest BCUT2D eigenvalue weighted by Crippen LogP contribution is -2.50. The molecule has 140 valence electrons. The van der Waals surface area contributed by atoms with Gasteiger partial charge in [0.2, 0.25) is 0 Å². The van der Waals surface area contributed by atoms with Crippen LogP contribution in [0.15, 0.2) is 54.2 Å². The van der Waals surface area contributed by atoms with Gasteiger partial charge in [-0.2, -0.15) is 5.10 Å². The number of piperazine rings is 1. The van der Waals surface area contributed by atoms with Crippen molar-refractivity contribution in [2.45, 2.75) is 19.5 Å². The number of hydrogen-bond donors (Lipinski definition) is 0. The third kappa shape index (κ3) is 4.09. The number of benzene rings is 1. The Morgan fingerprint density at radius 2 is 1.93 bits per heavy atom. The van der Waals surface area contributed by atoms with Crippen molar-refractivity contribution in [2.24, 2.45) is 0 Å². The second-order valence-electron chi connectivity index (χ2n) is 6.76. The van der Waals surface area contributed by atoms with Crippen molar-refractivity contribution < 1.29 is 4.79 Å². The van der Waals surface area contributed by atoms with Crippen LogP contribution in [0.5, 0.6) is 0 Å². The zero-order valence-electron chi connectivity index (χ0n) is 15.4. The fourth-order valence-electron chi connectivity index (χ4n) is 3.49. The number of carbonyl (C=O) groups excluding carboxylic acids is 1. The van der Waals surface area contributed by atoms with Crippen LogP contribution in [0.25, 0.3) is 0 Å². The molecule has 1 atom stereocenters. The number of amides is 1. The van der Waals surface area contributed by atoms with E-state index in [1.165, 1.54) is 0 Å². The number of aryl methyl sites for hydroxylation is 1. The van der Waals surface area contributed by atoms with Crippen LogP contribution in [-0.4, -0.2) is 56.7 Å². The number of nitrogens with zero attached hydrogens (tertiary/aromatic N) is 5. The maximum atomic E-state index is 13.3. The van der Waals surface area contributed by atoms with Crippen LogP contribution < -0.4 is 0 Å². The molecule has 1 aliphatic rings. The summed E-state index contributed by atoms with van der Waals surface area (Å²) in [5, 5.41) is 7.56. The molecule has 27 heavy (non-hydrogen) atoms. The Morgan fingerprint density at radius 1 is 1.15 bits per heavy atom. The molecular formula is C20H23N5OS. The number of rotatable bonds is 5. The molecule has 6 nitrogen and oxygen atoms in total. The predicted molar refractivity (Wildman–Crippen MR) is 106 cm³/mol. The molecule has 3 aromatic rings. The molecular weight excluding hydrogens is 358 g/mol. The summed E-state index contributed by atoms with van der Waals surface area (Å²) >= 11 is 1.69. The summed E-state index contributed by atoms with van der Waals surface area (Å²) in [5.41, 5.74) is 2.09. The highest BCUT2D eigenvalue weighted by atomic mass is 32.1. The van der Waals surface area contributed by atoms with E-state index >= 15 is 0 Å². The molecule has 7 heteroatoms. The first-order valence-corrected chi connectivity index (χ1v) is 10.0. The Morgan fingerprint density at radius 3 is 2.56 bits per heavy atom. The maximum Gasteiger partial charge on any atom is 0.252 e. The summed E-state index contributed by atoms with van der Waals surface area (Å²) in [6.45, 7) is 6.07. The number of carbonyl (C=O) groups is 1. The average molecular weight is 382 g/mol. The standard InChI is InChI=1S/C20H23N5OS/c1-16-22-18(15-27-16)14-23-10-12-24(13-11-23)20(26)19(25-9-5-8-21-25)17-6-3-2-4-7-17/h2-9,15,19H,10-14H2,1H3/t19-/m0/s1. The van der Waals surface area contributed by atoms with Crippen molar-refractivity contribution in [1.82, 2.24) is 24.6 Å². The number of hydrogen-bond acceptors (Lipinski definition) is 5. The normalized spacial score (nSPS) is 16.4. The quantitative estimate of drug-likeness (QED) is 0.682.